The molecule has 2 aromatic heterocycles. The normalized spacial score (nSPS) is 14.2. The Hall–Kier alpha value is -1.63. The minimum atomic E-state index is 0.105. The maximum Gasteiger partial charge on any atom is 0.267 e. The molecule has 3 aromatic rings. The molecule has 1 aliphatic heterocycles. The fourth-order valence-electron chi connectivity index (χ4n) is 4.47. The highest BCUT2D eigenvalue weighted by Gasteiger charge is 2.25. The summed E-state index contributed by atoms with van der Waals surface area (Å²) in [7, 11) is 0. The van der Waals surface area contributed by atoms with Crippen LogP contribution in [-0.2, 0) is 13.0 Å². The second-order valence-corrected chi connectivity index (χ2v) is 11.0. The van der Waals surface area contributed by atoms with E-state index in [0.717, 1.165) is 59.3 Å². The van der Waals surface area contributed by atoms with Gasteiger partial charge in [0.05, 0.1) is 11.1 Å². The minimum absolute atomic E-state index is 0.105. The van der Waals surface area contributed by atoms with Crippen LogP contribution >= 0.6 is 23.1 Å². The van der Waals surface area contributed by atoms with Crippen LogP contribution in [0.2, 0.25) is 0 Å². The molecule has 6 heteroatoms. The maximum atomic E-state index is 13.9. The number of fused-ring (bicyclic) bond motifs is 3. The minimum Gasteiger partial charge on any atom is -0.298 e. The molecule has 172 valence electrons. The highest BCUT2D eigenvalue weighted by molar-refractivity contribution is 7.99. The number of benzene rings is 1. The summed E-state index contributed by atoms with van der Waals surface area (Å²) >= 11 is 3.47. The highest BCUT2D eigenvalue weighted by Crippen LogP contribution is 2.34. The molecule has 4 rings (SSSR count). The number of rotatable bonds is 10. The number of aryl methyl sites for hydroxylation is 1. The van der Waals surface area contributed by atoms with E-state index in [4.69, 9.17) is 4.98 Å². The molecule has 4 nitrogen and oxygen atoms in total. The summed E-state index contributed by atoms with van der Waals surface area (Å²) in [6.45, 7) is 9.66. The van der Waals surface area contributed by atoms with Gasteiger partial charge in [0.2, 0.25) is 0 Å². The average molecular weight is 470 g/mol. The van der Waals surface area contributed by atoms with Gasteiger partial charge in [-0.05, 0) is 50.4 Å². The van der Waals surface area contributed by atoms with E-state index in [9.17, 15) is 4.79 Å². The SMILES string of the molecule is CCCCCCCSc1nc2sc3c(c2c(=O)n1-c1ccc(C)cc1)CCN(CCC)C3. The molecule has 0 fully saturated rings. The van der Waals surface area contributed by atoms with Crippen LogP contribution in [0, 0.1) is 6.92 Å². The van der Waals surface area contributed by atoms with Gasteiger partial charge in [0.25, 0.3) is 5.56 Å². The fraction of sp³-hybridized carbons (Fsp3) is 0.538. The quantitative estimate of drug-likeness (QED) is 0.191. The summed E-state index contributed by atoms with van der Waals surface area (Å²) in [4.78, 5) is 23.7. The molecule has 32 heavy (non-hydrogen) atoms. The zero-order chi connectivity index (χ0) is 22.5. The van der Waals surface area contributed by atoms with Gasteiger partial charge in [-0.1, -0.05) is 69.0 Å². The second kappa shape index (κ2) is 11.0. The average Bonchev–Trinajstić information content (AvgIpc) is 3.15. The topological polar surface area (TPSA) is 38.1 Å². The number of nitrogens with zero attached hydrogens (tertiary/aromatic N) is 3. The van der Waals surface area contributed by atoms with Crippen LogP contribution in [0.4, 0.5) is 0 Å². The molecular formula is C26H35N3OS2. The van der Waals surface area contributed by atoms with Gasteiger partial charge in [-0.25, -0.2) is 4.98 Å². The Labute approximate surface area is 200 Å². The first-order chi connectivity index (χ1) is 15.6. The van der Waals surface area contributed by atoms with Crippen molar-refractivity contribution < 1.29 is 0 Å². The van der Waals surface area contributed by atoms with Gasteiger partial charge in [0.1, 0.15) is 4.83 Å². The Morgan fingerprint density at radius 1 is 1.06 bits per heavy atom. The molecule has 1 aliphatic rings. The van der Waals surface area contributed by atoms with Crippen molar-refractivity contribution in [1.29, 1.82) is 0 Å². The van der Waals surface area contributed by atoms with Crippen LogP contribution in [0.5, 0.6) is 0 Å². The molecule has 0 spiro atoms. The number of thiophene rings is 1. The molecule has 1 aromatic carbocycles. The number of hydrogen-bond donors (Lipinski definition) is 0. The lowest BCUT2D eigenvalue weighted by Crippen LogP contribution is -2.31. The summed E-state index contributed by atoms with van der Waals surface area (Å²) in [5.74, 6) is 1.00. The molecule has 0 bridgehead atoms. The molecule has 0 radical (unpaired) electrons. The Bertz CT molecular complexity index is 1100. The van der Waals surface area contributed by atoms with Gasteiger partial charge in [0, 0.05) is 23.7 Å². The van der Waals surface area contributed by atoms with Crippen molar-refractivity contribution in [1.82, 2.24) is 14.5 Å². The number of unbranched alkanes of at least 4 members (excludes halogenated alkanes) is 4. The zero-order valence-corrected chi connectivity index (χ0v) is 21.3. The van der Waals surface area contributed by atoms with Gasteiger partial charge < -0.3 is 0 Å². The standard InChI is InChI=1S/C26H35N3OS2/c1-4-6-7-8-9-17-31-26-27-24-23(21-14-16-28(15-5-2)18-22(21)32-24)25(30)29(26)20-12-10-19(3)11-13-20/h10-13H,4-9,14-18H2,1-3H3. The Morgan fingerprint density at radius 2 is 1.84 bits per heavy atom. The summed E-state index contributed by atoms with van der Waals surface area (Å²) in [5, 5.41) is 1.69. The lowest BCUT2D eigenvalue weighted by atomic mass is 10.1. The van der Waals surface area contributed by atoms with Crippen molar-refractivity contribution in [2.75, 3.05) is 18.8 Å². The molecule has 0 saturated carbocycles. The molecule has 0 saturated heterocycles. The van der Waals surface area contributed by atoms with E-state index in [1.54, 1.807) is 23.1 Å². The van der Waals surface area contributed by atoms with Gasteiger partial charge in [-0.2, -0.15) is 0 Å². The first-order valence-electron chi connectivity index (χ1n) is 12.1. The van der Waals surface area contributed by atoms with Crippen molar-refractivity contribution in [3.63, 3.8) is 0 Å². The lowest BCUT2D eigenvalue weighted by molar-refractivity contribution is 0.258. The van der Waals surface area contributed by atoms with Crippen LogP contribution in [0.3, 0.4) is 0 Å². The van der Waals surface area contributed by atoms with Crippen LogP contribution in [0.25, 0.3) is 15.9 Å². The van der Waals surface area contributed by atoms with E-state index in [0.29, 0.717) is 0 Å². The molecule has 0 N–H and O–H groups in total. The summed E-state index contributed by atoms with van der Waals surface area (Å²) in [6, 6.07) is 8.27. The second-order valence-electron chi connectivity index (χ2n) is 8.84. The van der Waals surface area contributed by atoms with Gasteiger partial charge >= 0.3 is 0 Å². The predicted octanol–water partition coefficient (Wildman–Crippen LogP) is 6.59. The van der Waals surface area contributed by atoms with E-state index in [2.05, 4.69) is 49.9 Å². The molecule has 0 unspecified atom stereocenters. The van der Waals surface area contributed by atoms with E-state index >= 15 is 0 Å². The van der Waals surface area contributed by atoms with Crippen LogP contribution in [-0.4, -0.2) is 33.3 Å². The van der Waals surface area contributed by atoms with Crippen molar-refractivity contribution in [3.8, 4) is 5.69 Å². The third-order valence-electron chi connectivity index (χ3n) is 6.23. The van der Waals surface area contributed by atoms with Crippen molar-refractivity contribution >= 4 is 33.3 Å². The van der Waals surface area contributed by atoms with Gasteiger partial charge in [-0.3, -0.25) is 14.3 Å². The van der Waals surface area contributed by atoms with E-state index < -0.39 is 0 Å². The Kier molecular flexibility index (Phi) is 8.08. The first-order valence-corrected chi connectivity index (χ1v) is 13.9. The molecule has 3 heterocycles. The fourth-order valence-corrected chi connectivity index (χ4v) is 6.79. The third kappa shape index (κ3) is 5.13. The Morgan fingerprint density at radius 3 is 2.59 bits per heavy atom. The number of aromatic nitrogens is 2. The summed E-state index contributed by atoms with van der Waals surface area (Å²) in [5.41, 5.74) is 3.47. The van der Waals surface area contributed by atoms with Crippen LogP contribution < -0.4 is 5.56 Å². The third-order valence-corrected chi connectivity index (χ3v) is 8.37. The van der Waals surface area contributed by atoms with E-state index in [1.807, 2.05) is 4.57 Å². The summed E-state index contributed by atoms with van der Waals surface area (Å²) < 4.78 is 1.86. The lowest BCUT2D eigenvalue weighted by Gasteiger charge is -2.26. The van der Waals surface area contributed by atoms with Crippen LogP contribution in [0.1, 0.15) is 68.4 Å². The van der Waals surface area contributed by atoms with Crippen molar-refractivity contribution in [3.05, 3.63) is 50.6 Å². The molecule has 0 amide bonds. The summed E-state index contributed by atoms with van der Waals surface area (Å²) in [6.07, 6.45) is 8.38. The van der Waals surface area contributed by atoms with Gasteiger partial charge in [-0.15, -0.1) is 11.3 Å². The monoisotopic (exact) mass is 469 g/mol. The van der Waals surface area contributed by atoms with Crippen LogP contribution in [0.15, 0.2) is 34.2 Å². The largest absolute Gasteiger partial charge is 0.298 e. The van der Waals surface area contributed by atoms with E-state index in [-0.39, 0.29) is 5.56 Å². The van der Waals surface area contributed by atoms with Gasteiger partial charge in [0.15, 0.2) is 5.16 Å². The zero-order valence-electron chi connectivity index (χ0n) is 19.7. The van der Waals surface area contributed by atoms with Crippen molar-refractivity contribution in [2.45, 2.75) is 77.4 Å². The number of thioether (sulfide) groups is 1. The smallest absolute Gasteiger partial charge is 0.267 e. The molecular weight excluding hydrogens is 434 g/mol. The van der Waals surface area contributed by atoms with Crippen molar-refractivity contribution in [2.24, 2.45) is 0 Å². The Balaban J connectivity index is 1.71. The highest BCUT2D eigenvalue weighted by atomic mass is 32.2. The molecule has 0 atom stereocenters. The first kappa shape index (κ1) is 23.5. The van der Waals surface area contributed by atoms with E-state index in [1.165, 1.54) is 48.1 Å². The number of hydrogen-bond acceptors (Lipinski definition) is 5. The predicted molar refractivity (Wildman–Crippen MR) is 139 cm³/mol. The maximum absolute atomic E-state index is 13.9. The molecule has 0 aliphatic carbocycles.